The zero-order valence-corrected chi connectivity index (χ0v) is 7.99. The molecule has 0 atom stereocenters. The Labute approximate surface area is 82.5 Å². The van der Waals surface area contributed by atoms with E-state index in [9.17, 15) is 4.79 Å². The summed E-state index contributed by atoms with van der Waals surface area (Å²) in [5.74, 6) is 0.744. The summed E-state index contributed by atoms with van der Waals surface area (Å²) >= 11 is 0. The number of carbonyl (C=O) groups excluding carboxylic acids is 1. The highest BCUT2D eigenvalue weighted by atomic mass is 16.5. The summed E-state index contributed by atoms with van der Waals surface area (Å²) < 4.78 is 5.05. The Morgan fingerprint density at radius 1 is 1.50 bits per heavy atom. The number of methoxy groups -OCH3 is 1. The van der Waals surface area contributed by atoms with Gasteiger partial charge in [-0.3, -0.25) is 0 Å². The van der Waals surface area contributed by atoms with E-state index in [1.165, 1.54) is 0 Å². The predicted molar refractivity (Wildman–Crippen MR) is 53.6 cm³/mol. The summed E-state index contributed by atoms with van der Waals surface area (Å²) in [5, 5.41) is 2.79. The van der Waals surface area contributed by atoms with E-state index >= 15 is 0 Å². The van der Waals surface area contributed by atoms with Crippen LogP contribution in [0, 0.1) is 0 Å². The third kappa shape index (κ3) is 1.96. The second-order valence-electron chi connectivity index (χ2n) is 3.15. The lowest BCUT2D eigenvalue weighted by Crippen LogP contribution is -2.18. The number of ether oxygens (including phenoxy) is 1. The highest BCUT2D eigenvalue weighted by molar-refractivity contribution is 5.90. The third-order valence-corrected chi connectivity index (χ3v) is 2.06. The maximum absolute atomic E-state index is 11.3. The fourth-order valence-corrected chi connectivity index (χ4v) is 1.16. The highest BCUT2D eigenvalue weighted by Crippen LogP contribution is 2.17. The molecule has 1 heterocycles. The van der Waals surface area contributed by atoms with Crippen LogP contribution >= 0.6 is 0 Å². The number of urea groups is 1. The van der Waals surface area contributed by atoms with E-state index in [0.29, 0.717) is 0 Å². The number of benzene rings is 1. The van der Waals surface area contributed by atoms with Gasteiger partial charge in [-0.15, -0.1) is 0 Å². The van der Waals surface area contributed by atoms with Crippen molar-refractivity contribution in [3.8, 4) is 5.75 Å². The van der Waals surface area contributed by atoms with Crippen molar-refractivity contribution in [1.82, 2.24) is 4.90 Å². The standard InChI is InChI=1S/C10H12N2O2/c1-14-9-4-2-3-8(7-9)11-10(13)12-5-6-12/h2-4,7H,5-6H2,1H3,(H,11,13). The molecule has 0 saturated carbocycles. The molecule has 1 saturated heterocycles. The van der Waals surface area contributed by atoms with Crippen LogP contribution < -0.4 is 10.1 Å². The molecular formula is C10H12N2O2. The lowest BCUT2D eigenvalue weighted by molar-refractivity contribution is 0.242. The van der Waals surface area contributed by atoms with E-state index in [-0.39, 0.29) is 6.03 Å². The summed E-state index contributed by atoms with van der Waals surface area (Å²) in [4.78, 5) is 13.1. The molecule has 2 amide bonds. The molecule has 14 heavy (non-hydrogen) atoms. The molecule has 4 heteroatoms. The molecule has 1 aromatic carbocycles. The van der Waals surface area contributed by atoms with Crippen molar-refractivity contribution in [2.75, 3.05) is 25.5 Å². The monoisotopic (exact) mass is 192 g/mol. The van der Waals surface area contributed by atoms with Gasteiger partial charge in [0.1, 0.15) is 5.75 Å². The number of hydrogen-bond acceptors (Lipinski definition) is 2. The molecule has 4 nitrogen and oxygen atoms in total. The van der Waals surface area contributed by atoms with Crippen LogP contribution in [-0.4, -0.2) is 31.1 Å². The first kappa shape index (κ1) is 8.87. The van der Waals surface area contributed by atoms with Gasteiger partial charge in [0.25, 0.3) is 0 Å². The van der Waals surface area contributed by atoms with Crippen LogP contribution in [0.5, 0.6) is 5.75 Å². The second-order valence-corrected chi connectivity index (χ2v) is 3.15. The zero-order chi connectivity index (χ0) is 9.97. The molecule has 0 radical (unpaired) electrons. The first-order chi connectivity index (χ1) is 6.79. The Morgan fingerprint density at radius 3 is 2.93 bits per heavy atom. The van der Waals surface area contributed by atoms with Crippen LogP contribution in [0.25, 0.3) is 0 Å². The quantitative estimate of drug-likeness (QED) is 0.722. The van der Waals surface area contributed by atoms with Gasteiger partial charge >= 0.3 is 6.03 Å². The SMILES string of the molecule is COc1cccc(NC(=O)N2CC2)c1. The van der Waals surface area contributed by atoms with Crippen LogP contribution in [0.1, 0.15) is 0 Å². The van der Waals surface area contributed by atoms with Gasteiger partial charge in [0.05, 0.1) is 7.11 Å². The van der Waals surface area contributed by atoms with E-state index in [1.807, 2.05) is 18.2 Å². The van der Waals surface area contributed by atoms with Gasteiger partial charge in [-0.25, -0.2) is 4.79 Å². The number of amides is 2. The van der Waals surface area contributed by atoms with Crippen molar-refractivity contribution in [3.63, 3.8) is 0 Å². The Bertz CT molecular complexity index is 348. The van der Waals surface area contributed by atoms with Gasteiger partial charge in [0.2, 0.25) is 0 Å². The van der Waals surface area contributed by atoms with E-state index in [0.717, 1.165) is 24.5 Å². The lowest BCUT2D eigenvalue weighted by Gasteiger charge is -2.06. The number of rotatable bonds is 2. The van der Waals surface area contributed by atoms with Crippen LogP contribution in [0.3, 0.4) is 0 Å². The molecule has 1 N–H and O–H groups in total. The van der Waals surface area contributed by atoms with Crippen LogP contribution in [0.4, 0.5) is 10.5 Å². The van der Waals surface area contributed by atoms with Crippen molar-refractivity contribution in [2.45, 2.75) is 0 Å². The van der Waals surface area contributed by atoms with Crippen molar-refractivity contribution >= 4 is 11.7 Å². The van der Waals surface area contributed by atoms with E-state index in [4.69, 9.17) is 4.74 Å². The Kier molecular flexibility index (Phi) is 2.26. The average Bonchev–Trinajstić information content (AvgIpc) is 3.01. The Morgan fingerprint density at radius 2 is 2.29 bits per heavy atom. The van der Waals surface area contributed by atoms with Crippen LogP contribution in [0.2, 0.25) is 0 Å². The molecule has 74 valence electrons. The van der Waals surface area contributed by atoms with E-state index in [2.05, 4.69) is 5.32 Å². The summed E-state index contributed by atoms with van der Waals surface area (Å²) in [7, 11) is 1.60. The average molecular weight is 192 g/mol. The number of nitrogens with zero attached hydrogens (tertiary/aromatic N) is 1. The molecule has 0 bridgehead atoms. The van der Waals surface area contributed by atoms with Gasteiger partial charge in [-0.2, -0.15) is 0 Å². The minimum Gasteiger partial charge on any atom is -0.497 e. The Hall–Kier alpha value is -1.71. The summed E-state index contributed by atoms with van der Waals surface area (Å²) in [6.45, 7) is 1.71. The molecule has 0 aromatic heterocycles. The fraction of sp³-hybridized carbons (Fsp3) is 0.300. The number of carbonyl (C=O) groups is 1. The molecule has 2 rings (SSSR count). The minimum absolute atomic E-state index is 0.0433. The Balaban J connectivity index is 2.04. The van der Waals surface area contributed by atoms with Crippen LogP contribution in [-0.2, 0) is 0 Å². The lowest BCUT2D eigenvalue weighted by atomic mass is 10.3. The van der Waals surface area contributed by atoms with Crippen molar-refractivity contribution in [3.05, 3.63) is 24.3 Å². The molecule has 1 aromatic rings. The number of nitrogens with one attached hydrogen (secondary N) is 1. The van der Waals surface area contributed by atoms with Gasteiger partial charge in [-0.05, 0) is 12.1 Å². The fourth-order valence-electron chi connectivity index (χ4n) is 1.16. The molecule has 1 aliphatic heterocycles. The zero-order valence-electron chi connectivity index (χ0n) is 7.99. The van der Waals surface area contributed by atoms with Crippen LogP contribution in [0.15, 0.2) is 24.3 Å². The van der Waals surface area contributed by atoms with Gasteiger partial charge in [0.15, 0.2) is 0 Å². The van der Waals surface area contributed by atoms with Crippen molar-refractivity contribution in [1.29, 1.82) is 0 Å². The first-order valence-corrected chi connectivity index (χ1v) is 4.49. The van der Waals surface area contributed by atoms with Crippen molar-refractivity contribution in [2.24, 2.45) is 0 Å². The molecule has 0 aliphatic carbocycles. The van der Waals surface area contributed by atoms with Gasteiger partial charge in [0, 0.05) is 24.8 Å². The molecule has 1 fully saturated rings. The first-order valence-electron chi connectivity index (χ1n) is 4.49. The third-order valence-electron chi connectivity index (χ3n) is 2.06. The van der Waals surface area contributed by atoms with Gasteiger partial charge < -0.3 is 15.0 Å². The van der Waals surface area contributed by atoms with E-state index < -0.39 is 0 Å². The number of anilines is 1. The highest BCUT2D eigenvalue weighted by Gasteiger charge is 2.23. The van der Waals surface area contributed by atoms with E-state index in [1.54, 1.807) is 18.1 Å². The largest absolute Gasteiger partial charge is 0.497 e. The van der Waals surface area contributed by atoms with Crippen molar-refractivity contribution < 1.29 is 9.53 Å². The summed E-state index contributed by atoms with van der Waals surface area (Å²) in [5.41, 5.74) is 0.765. The smallest absolute Gasteiger partial charge is 0.321 e. The van der Waals surface area contributed by atoms with Gasteiger partial charge in [-0.1, -0.05) is 6.07 Å². The number of hydrogen-bond donors (Lipinski definition) is 1. The summed E-state index contributed by atoms with van der Waals surface area (Å²) in [6, 6.07) is 7.27. The second kappa shape index (κ2) is 3.57. The topological polar surface area (TPSA) is 41.3 Å². The molecule has 1 aliphatic rings. The predicted octanol–water partition coefficient (Wildman–Crippen LogP) is 1.54. The minimum atomic E-state index is -0.0433. The maximum Gasteiger partial charge on any atom is 0.321 e. The molecule has 0 unspecified atom stereocenters. The maximum atomic E-state index is 11.3. The molecular weight excluding hydrogens is 180 g/mol. The molecule has 0 spiro atoms. The normalized spacial score (nSPS) is 13.6. The summed E-state index contributed by atoms with van der Waals surface area (Å²) in [6.07, 6.45) is 0.